The number of nitrogens with zero attached hydrogens (tertiary/aromatic N) is 2. The summed E-state index contributed by atoms with van der Waals surface area (Å²) >= 11 is 0. The molecule has 1 unspecified atom stereocenters. The Morgan fingerprint density at radius 3 is 2.39 bits per heavy atom. The Morgan fingerprint density at radius 2 is 1.70 bits per heavy atom. The SMILES string of the molecule is Cc1[nH]nc2c1C(c1ccccc1)N(Cc1ccccc1)C2=O. The van der Waals surface area contributed by atoms with Crippen LogP contribution in [0.4, 0.5) is 0 Å². The molecule has 1 amide bonds. The van der Waals surface area contributed by atoms with Crippen LogP contribution in [0, 0.1) is 6.92 Å². The van der Waals surface area contributed by atoms with E-state index in [-0.39, 0.29) is 11.9 Å². The molecule has 1 aliphatic rings. The van der Waals surface area contributed by atoms with E-state index >= 15 is 0 Å². The maximum atomic E-state index is 12.8. The average Bonchev–Trinajstić information content (AvgIpc) is 3.09. The van der Waals surface area contributed by atoms with Crippen molar-refractivity contribution in [1.29, 1.82) is 0 Å². The van der Waals surface area contributed by atoms with Crippen LogP contribution in [0.2, 0.25) is 0 Å². The van der Waals surface area contributed by atoms with Crippen molar-refractivity contribution in [3.8, 4) is 0 Å². The fourth-order valence-electron chi connectivity index (χ4n) is 3.27. The van der Waals surface area contributed by atoms with Gasteiger partial charge in [-0.05, 0) is 18.1 Å². The van der Waals surface area contributed by atoms with E-state index in [1.807, 2.05) is 60.4 Å². The summed E-state index contributed by atoms with van der Waals surface area (Å²) in [6.45, 7) is 2.55. The highest BCUT2D eigenvalue weighted by molar-refractivity contribution is 5.98. The van der Waals surface area contributed by atoms with Crippen LogP contribution in [0.1, 0.15) is 38.9 Å². The van der Waals surface area contributed by atoms with Gasteiger partial charge < -0.3 is 4.90 Å². The zero-order valence-corrected chi connectivity index (χ0v) is 12.9. The van der Waals surface area contributed by atoms with Crippen molar-refractivity contribution in [3.05, 3.63) is 88.7 Å². The van der Waals surface area contributed by atoms with E-state index in [0.29, 0.717) is 12.2 Å². The Hall–Kier alpha value is -2.88. The molecule has 0 spiro atoms. The summed E-state index contributed by atoms with van der Waals surface area (Å²) in [6, 6.07) is 20.1. The van der Waals surface area contributed by atoms with E-state index < -0.39 is 0 Å². The monoisotopic (exact) mass is 303 g/mol. The van der Waals surface area contributed by atoms with Crippen LogP contribution in [0.25, 0.3) is 0 Å². The molecule has 1 atom stereocenters. The maximum Gasteiger partial charge on any atom is 0.275 e. The van der Waals surface area contributed by atoms with E-state index in [1.54, 1.807) is 0 Å². The fourth-order valence-corrected chi connectivity index (χ4v) is 3.27. The molecular weight excluding hydrogens is 286 g/mol. The predicted molar refractivity (Wildman–Crippen MR) is 87.9 cm³/mol. The molecule has 2 aromatic carbocycles. The first-order valence-corrected chi connectivity index (χ1v) is 7.70. The second-order valence-corrected chi connectivity index (χ2v) is 5.84. The molecule has 0 radical (unpaired) electrons. The number of fused-ring (bicyclic) bond motifs is 1. The van der Waals surface area contributed by atoms with Gasteiger partial charge in [0.05, 0.1) is 6.04 Å². The van der Waals surface area contributed by atoms with Gasteiger partial charge in [-0.15, -0.1) is 0 Å². The fraction of sp³-hybridized carbons (Fsp3) is 0.158. The highest BCUT2D eigenvalue weighted by Crippen LogP contribution is 2.40. The van der Waals surface area contributed by atoms with Gasteiger partial charge in [0, 0.05) is 17.8 Å². The van der Waals surface area contributed by atoms with Crippen LogP contribution in [-0.4, -0.2) is 21.0 Å². The van der Waals surface area contributed by atoms with Crippen LogP contribution in [-0.2, 0) is 6.54 Å². The van der Waals surface area contributed by atoms with E-state index in [1.165, 1.54) is 0 Å². The number of hydrogen-bond donors (Lipinski definition) is 1. The van der Waals surface area contributed by atoms with E-state index in [4.69, 9.17) is 0 Å². The second-order valence-electron chi connectivity index (χ2n) is 5.84. The Morgan fingerprint density at radius 1 is 1.04 bits per heavy atom. The van der Waals surface area contributed by atoms with Crippen LogP contribution < -0.4 is 0 Å². The van der Waals surface area contributed by atoms with E-state index in [0.717, 1.165) is 22.4 Å². The van der Waals surface area contributed by atoms with Crippen LogP contribution >= 0.6 is 0 Å². The van der Waals surface area contributed by atoms with Gasteiger partial charge in [-0.1, -0.05) is 60.7 Å². The van der Waals surface area contributed by atoms with Crippen LogP contribution in [0.3, 0.4) is 0 Å². The van der Waals surface area contributed by atoms with Crippen molar-refractivity contribution in [2.75, 3.05) is 0 Å². The Kier molecular flexibility index (Phi) is 3.23. The normalized spacial score (nSPS) is 16.7. The first-order valence-electron chi connectivity index (χ1n) is 7.70. The van der Waals surface area contributed by atoms with Gasteiger partial charge in [0.2, 0.25) is 0 Å². The Labute approximate surface area is 134 Å². The lowest BCUT2D eigenvalue weighted by Gasteiger charge is -2.26. The summed E-state index contributed by atoms with van der Waals surface area (Å²) in [5.41, 5.74) is 4.73. The maximum absolute atomic E-state index is 12.8. The van der Waals surface area contributed by atoms with Crippen molar-refractivity contribution in [1.82, 2.24) is 15.1 Å². The quantitative estimate of drug-likeness (QED) is 0.805. The Bertz CT molecular complexity index is 840. The first kappa shape index (κ1) is 13.8. The lowest BCUT2D eigenvalue weighted by molar-refractivity contribution is 0.0729. The molecule has 3 aromatic rings. The number of aromatic amines is 1. The minimum atomic E-state index is -0.0855. The smallest absolute Gasteiger partial charge is 0.275 e. The molecule has 0 aliphatic carbocycles. The summed E-state index contributed by atoms with van der Waals surface area (Å²) in [5.74, 6) is -0.0120. The zero-order valence-electron chi connectivity index (χ0n) is 12.9. The van der Waals surface area contributed by atoms with Gasteiger partial charge >= 0.3 is 0 Å². The molecule has 4 nitrogen and oxygen atoms in total. The van der Waals surface area contributed by atoms with Crippen molar-refractivity contribution in [3.63, 3.8) is 0 Å². The first-order chi connectivity index (χ1) is 11.3. The van der Waals surface area contributed by atoms with Gasteiger partial charge in [-0.3, -0.25) is 9.89 Å². The molecule has 0 saturated heterocycles. The van der Waals surface area contributed by atoms with Crippen LogP contribution in [0.15, 0.2) is 60.7 Å². The molecule has 114 valence electrons. The number of nitrogens with one attached hydrogen (secondary N) is 1. The van der Waals surface area contributed by atoms with Gasteiger partial charge in [0.15, 0.2) is 5.69 Å². The second kappa shape index (κ2) is 5.39. The third-order valence-corrected chi connectivity index (χ3v) is 4.35. The third kappa shape index (κ3) is 2.23. The summed E-state index contributed by atoms with van der Waals surface area (Å²) in [7, 11) is 0. The lowest BCUT2D eigenvalue weighted by Crippen LogP contribution is -2.29. The molecular formula is C19H17N3O. The molecule has 1 aromatic heterocycles. The summed E-state index contributed by atoms with van der Waals surface area (Å²) in [5, 5.41) is 7.18. The number of aromatic nitrogens is 2. The minimum Gasteiger partial charge on any atom is -0.322 e. The summed E-state index contributed by atoms with van der Waals surface area (Å²) in [4.78, 5) is 14.7. The Balaban J connectivity index is 1.80. The molecule has 1 aliphatic heterocycles. The van der Waals surface area contributed by atoms with Crippen molar-refractivity contribution >= 4 is 5.91 Å². The number of aryl methyl sites for hydroxylation is 1. The van der Waals surface area contributed by atoms with E-state index in [9.17, 15) is 4.79 Å². The predicted octanol–water partition coefficient (Wildman–Crippen LogP) is 3.46. The summed E-state index contributed by atoms with van der Waals surface area (Å²) < 4.78 is 0. The molecule has 0 bridgehead atoms. The number of H-pyrrole nitrogens is 1. The van der Waals surface area contributed by atoms with Gasteiger partial charge in [-0.2, -0.15) is 5.10 Å². The molecule has 1 N–H and O–H groups in total. The number of hydrogen-bond acceptors (Lipinski definition) is 2. The zero-order chi connectivity index (χ0) is 15.8. The standard InChI is InChI=1S/C19H17N3O/c1-13-16-17(21-20-13)19(23)22(12-14-8-4-2-5-9-14)18(16)15-10-6-3-7-11-15/h2-11,18H,12H2,1H3,(H,20,21). The van der Waals surface area contributed by atoms with Crippen molar-refractivity contribution < 1.29 is 4.79 Å². The van der Waals surface area contributed by atoms with Gasteiger partial charge in [0.25, 0.3) is 5.91 Å². The topological polar surface area (TPSA) is 49.0 Å². The molecule has 2 heterocycles. The van der Waals surface area contributed by atoms with Crippen molar-refractivity contribution in [2.24, 2.45) is 0 Å². The molecule has 4 heteroatoms. The largest absolute Gasteiger partial charge is 0.322 e. The number of carbonyl (C=O) groups is 1. The molecule has 23 heavy (non-hydrogen) atoms. The highest BCUT2D eigenvalue weighted by atomic mass is 16.2. The number of benzene rings is 2. The molecule has 4 rings (SSSR count). The van der Waals surface area contributed by atoms with E-state index in [2.05, 4.69) is 22.3 Å². The van der Waals surface area contributed by atoms with Crippen LogP contribution in [0.5, 0.6) is 0 Å². The number of amides is 1. The molecule has 0 fully saturated rings. The third-order valence-electron chi connectivity index (χ3n) is 4.35. The lowest BCUT2D eigenvalue weighted by atomic mass is 9.99. The highest BCUT2D eigenvalue weighted by Gasteiger charge is 2.41. The van der Waals surface area contributed by atoms with Gasteiger partial charge in [-0.25, -0.2) is 0 Å². The number of carbonyl (C=O) groups excluding carboxylic acids is 1. The molecule has 0 saturated carbocycles. The average molecular weight is 303 g/mol. The minimum absolute atomic E-state index is 0.0120. The summed E-state index contributed by atoms with van der Waals surface area (Å²) in [6.07, 6.45) is 0. The number of rotatable bonds is 3. The van der Waals surface area contributed by atoms with Crippen molar-refractivity contribution in [2.45, 2.75) is 19.5 Å². The van der Waals surface area contributed by atoms with Gasteiger partial charge in [0.1, 0.15) is 0 Å².